The minimum absolute atomic E-state index is 0. The standard InChI is InChI=1S/C10H9BrF3NO.ClH/c1-2-8(15)6-3-5(11)4-7(9(6)16)10(12,13)14;/h2-4,8,16H,1,15H2;1H/t8-;/m1./s1. The van der Waals surface area contributed by atoms with Gasteiger partial charge in [0.15, 0.2) is 0 Å². The van der Waals surface area contributed by atoms with Crippen molar-refractivity contribution in [2.24, 2.45) is 5.73 Å². The highest BCUT2D eigenvalue weighted by molar-refractivity contribution is 9.10. The normalized spacial score (nSPS) is 12.8. The molecule has 1 aromatic carbocycles. The molecule has 0 radical (unpaired) electrons. The van der Waals surface area contributed by atoms with E-state index in [0.29, 0.717) is 0 Å². The maximum Gasteiger partial charge on any atom is 0.420 e. The molecule has 0 saturated heterocycles. The van der Waals surface area contributed by atoms with Gasteiger partial charge in [-0.3, -0.25) is 0 Å². The van der Waals surface area contributed by atoms with E-state index in [1.165, 1.54) is 12.1 Å². The van der Waals surface area contributed by atoms with Gasteiger partial charge in [0.25, 0.3) is 0 Å². The Kier molecular flexibility index (Phi) is 5.51. The number of benzene rings is 1. The molecular weight excluding hydrogens is 322 g/mol. The van der Waals surface area contributed by atoms with Crippen LogP contribution in [0.3, 0.4) is 0 Å². The van der Waals surface area contributed by atoms with Crippen molar-refractivity contribution in [1.29, 1.82) is 0 Å². The Labute approximate surface area is 111 Å². The first-order valence-corrected chi connectivity index (χ1v) is 5.04. The lowest BCUT2D eigenvalue weighted by Crippen LogP contribution is -2.11. The molecule has 1 rings (SSSR count). The molecule has 7 heteroatoms. The maximum atomic E-state index is 12.5. The lowest BCUT2D eigenvalue weighted by atomic mass is 10.0. The van der Waals surface area contributed by atoms with E-state index in [2.05, 4.69) is 22.5 Å². The van der Waals surface area contributed by atoms with E-state index in [1.807, 2.05) is 0 Å². The summed E-state index contributed by atoms with van der Waals surface area (Å²) in [6, 6.07) is 1.28. The summed E-state index contributed by atoms with van der Waals surface area (Å²) in [6.07, 6.45) is -3.37. The van der Waals surface area contributed by atoms with Crippen LogP contribution in [0.1, 0.15) is 17.2 Å². The van der Waals surface area contributed by atoms with Gasteiger partial charge in [0, 0.05) is 10.0 Å². The van der Waals surface area contributed by atoms with Crippen LogP contribution in [0.4, 0.5) is 13.2 Å². The average molecular weight is 333 g/mol. The fraction of sp³-hybridized carbons (Fsp3) is 0.200. The SMILES string of the molecule is C=C[C@@H](N)c1cc(Br)cc(C(F)(F)F)c1O.Cl. The summed E-state index contributed by atoms with van der Waals surface area (Å²) in [5, 5.41) is 9.48. The minimum Gasteiger partial charge on any atom is -0.507 e. The molecule has 0 amide bonds. The van der Waals surface area contributed by atoms with Gasteiger partial charge in [-0.1, -0.05) is 22.0 Å². The van der Waals surface area contributed by atoms with Gasteiger partial charge in [-0.2, -0.15) is 13.2 Å². The van der Waals surface area contributed by atoms with Crippen molar-refractivity contribution in [2.75, 3.05) is 0 Å². The molecule has 1 atom stereocenters. The molecule has 2 nitrogen and oxygen atoms in total. The summed E-state index contributed by atoms with van der Waals surface area (Å²) in [4.78, 5) is 0. The summed E-state index contributed by atoms with van der Waals surface area (Å²) in [5.41, 5.74) is 4.38. The van der Waals surface area contributed by atoms with Gasteiger partial charge in [-0.25, -0.2) is 0 Å². The molecule has 0 heterocycles. The molecule has 1 aromatic rings. The van der Waals surface area contributed by atoms with Crippen LogP contribution < -0.4 is 5.73 Å². The summed E-state index contributed by atoms with van der Waals surface area (Å²) in [5.74, 6) is -0.858. The predicted octanol–water partition coefficient (Wildman–Crippen LogP) is 3.78. The molecule has 0 aliphatic heterocycles. The lowest BCUT2D eigenvalue weighted by Gasteiger charge is -2.15. The number of phenolic OH excluding ortho intramolecular Hbond substituents is 1. The van der Waals surface area contributed by atoms with Gasteiger partial charge in [0.2, 0.25) is 0 Å². The van der Waals surface area contributed by atoms with Crippen LogP contribution >= 0.6 is 28.3 Å². The Morgan fingerprint density at radius 3 is 2.35 bits per heavy atom. The largest absolute Gasteiger partial charge is 0.507 e. The van der Waals surface area contributed by atoms with Crippen molar-refractivity contribution >= 4 is 28.3 Å². The van der Waals surface area contributed by atoms with Crippen molar-refractivity contribution in [3.63, 3.8) is 0 Å². The van der Waals surface area contributed by atoms with E-state index < -0.39 is 23.5 Å². The maximum absolute atomic E-state index is 12.5. The number of phenols is 1. The quantitative estimate of drug-likeness (QED) is 0.810. The third-order valence-electron chi connectivity index (χ3n) is 2.02. The zero-order valence-electron chi connectivity index (χ0n) is 8.46. The molecule has 0 spiro atoms. The lowest BCUT2D eigenvalue weighted by molar-refractivity contribution is -0.138. The summed E-state index contributed by atoms with van der Waals surface area (Å²) in [6.45, 7) is 3.37. The second-order valence-electron chi connectivity index (χ2n) is 3.15. The fourth-order valence-electron chi connectivity index (χ4n) is 1.22. The molecule has 3 N–H and O–H groups in total. The van der Waals surface area contributed by atoms with E-state index in [-0.39, 0.29) is 22.4 Å². The van der Waals surface area contributed by atoms with Crippen molar-refractivity contribution < 1.29 is 18.3 Å². The van der Waals surface area contributed by atoms with Crippen molar-refractivity contribution in [3.05, 3.63) is 40.4 Å². The molecule has 0 saturated carbocycles. The van der Waals surface area contributed by atoms with Gasteiger partial charge in [-0.05, 0) is 12.1 Å². The van der Waals surface area contributed by atoms with Crippen molar-refractivity contribution in [3.8, 4) is 5.75 Å². The van der Waals surface area contributed by atoms with Gasteiger partial charge in [-0.15, -0.1) is 19.0 Å². The van der Waals surface area contributed by atoms with Crippen LogP contribution in [0.25, 0.3) is 0 Å². The highest BCUT2D eigenvalue weighted by Crippen LogP contribution is 2.41. The Morgan fingerprint density at radius 2 is 1.94 bits per heavy atom. The number of halogens is 5. The van der Waals surface area contributed by atoms with Gasteiger partial charge in [0.05, 0.1) is 11.6 Å². The number of hydrogen-bond acceptors (Lipinski definition) is 2. The molecular formula is C10H10BrClF3NO. The second-order valence-corrected chi connectivity index (χ2v) is 4.07. The second kappa shape index (κ2) is 5.75. The Bertz CT molecular complexity index is 423. The molecule has 17 heavy (non-hydrogen) atoms. The summed E-state index contributed by atoms with van der Waals surface area (Å²) < 4.78 is 37.8. The molecule has 96 valence electrons. The first-order chi connectivity index (χ1) is 7.27. The van der Waals surface area contributed by atoms with E-state index >= 15 is 0 Å². The topological polar surface area (TPSA) is 46.2 Å². The Hall–Kier alpha value is -0.720. The van der Waals surface area contributed by atoms with Crippen molar-refractivity contribution in [1.82, 2.24) is 0 Å². The van der Waals surface area contributed by atoms with E-state index in [9.17, 15) is 18.3 Å². The van der Waals surface area contributed by atoms with Gasteiger partial charge >= 0.3 is 6.18 Å². The average Bonchev–Trinajstić information content (AvgIpc) is 2.18. The summed E-state index contributed by atoms with van der Waals surface area (Å²) in [7, 11) is 0. The van der Waals surface area contributed by atoms with Crippen LogP contribution in [-0.2, 0) is 6.18 Å². The number of rotatable bonds is 2. The fourth-order valence-corrected chi connectivity index (χ4v) is 1.69. The van der Waals surface area contributed by atoms with Crippen LogP contribution in [0.2, 0.25) is 0 Å². The molecule has 0 aliphatic rings. The number of alkyl halides is 3. The third kappa shape index (κ3) is 3.62. The zero-order chi connectivity index (χ0) is 12.5. The number of aromatic hydroxyl groups is 1. The van der Waals surface area contributed by atoms with E-state index in [4.69, 9.17) is 5.73 Å². The zero-order valence-corrected chi connectivity index (χ0v) is 10.9. The molecule has 0 aliphatic carbocycles. The summed E-state index contributed by atoms with van der Waals surface area (Å²) >= 11 is 2.94. The number of hydrogen-bond donors (Lipinski definition) is 2. The Morgan fingerprint density at radius 1 is 1.41 bits per heavy atom. The van der Waals surface area contributed by atoms with Gasteiger partial charge in [0.1, 0.15) is 5.75 Å². The molecule has 0 bridgehead atoms. The van der Waals surface area contributed by atoms with Crippen LogP contribution in [0, 0.1) is 0 Å². The molecule has 0 fully saturated rings. The number of nitrogens with two attached hydrogens (primary N) is 1. The van der Waals surface area contributed by atoms with E-state index in [1.54, 1.807) is 0 Å². The smallest absolute Gasteiger partial charge is 0.420 e. The Balaban J connectivity index is 0.00000256. The van der Waals surface area contributed by atoms with Crippen molar-refractivity contribution in [2.45, 2.75) is 12.2 Å². The van der Waals surface area contributed by atoms with Crippen LogP contribution in [0.15, 0.2) is 29.3 Å². The van der Waals surface area contributed by atoms with Crippen LogP contribution in [0.5, 0.6) is 5.75 Å². The van der Waals surface area contributed by atoms with Gasteiger partial charge < -0.3 is 10.8 Å². The third-order valence-corrected chi connectivity index (χ3v) is 2.48. The van der Waals surface area contributed by atoms with Crippen LogP contribution in [-0.4, -0.2) is 5.11 Å². The monoisotopic (exact) mass is 331 g/mol. The molecule has 0 unspecified atom stereocenters. The first kappa shape index (κ1) is 16.3. The first-order valence-electron chi connectivity index (χ1n) is 4.25. The molecule has 0 aromatic heterocycles. The highest BCUT2D eigenvalue weighted by Gasteiger charge is 2.35. The minimum atomic E-state index is -4.62. The van der Waals surface area contributed by atoms with E-state index in [0.717, 1.165) is 6.07 Å². The highest BCUT2D eigenvalue weighted by atomic mass is 79.9. The predicted molar refractivity (Wildman–Crippen MR) is 65.2 cm³/mol.